The van der Waals surface area contributed by atoms with Crippen molar-refractivity contribution in [2.24, 2.45) is 0 Å². The van der Waals surface area contributed by atoms with Crippen LogP contribution in [0.25, 0.3) is 42.9 Å². The number of thiazole rings is 1. The molecule has 0 saturated carbocycles. The molecule has 6 rings (SSSR count). The van der Waals surface area contributed by atoms with Crippen molar-refractivity contribution in [3.63, 3.8) is 0 Å². The van der Waals surface area contributed by atoms with Gasteiger partial charge in [-0.1, -0.05) is 54.1 Å². The number of halogens is 1. The van der Waals surface area contributed by atoms with Gasteiger partial charge in [-0.05, 0) is 60.2 Å². The van der Waals surface area contributed by atoms with Crippen LogP contribution in [0.1, 0.15) is 10.4 Å². The van der Waals surface area contributed by atoms with Crippen LogP contribution in [0.2, 0.25) is 5.02 Å². The van der Waals surface area contributed by atoms with Gasteiger partial charge >= 0.3 is 5.63 Å². The minimum Gasteiger partial charge on any atom is -0.422 e. The maximum absolute atomic E-state index is 13.1. The lowest BCUT2D eigenvalue weighted by molar-refractivity contribution is 0.102. The van der Waals surface area contributed by atoms with E-state index in [-0.39, 0.29) is 5.91 Å². The van der Waals surface area contributed by atoms with Gasteiger partial charge in [-0.25, -0.2) is 9.78 Å². The summed E-state index contributed by atoms with van der Waals surface area (Å²) >= 11 is 7.81. The summed E-state index contributed by atoms with van der Waals surface area (Å²) in [5.74, 6) is -0.281. The number of hydrogen-bond donors (Lipinski definition) is 1. The number of carbonyl (C=O) groups is 1. The Balaban J connectivity index is 1.30. The zero-order valence-electron chi connectivity index (χ0n) is 18.7. The van der Waals surface area contributed by atoms with Crippen LogP contribution in [0.15, 0.2) is 106 Å². The Morgan fingerprint density at radius 3 is 2.47 bits per heavy atom. The molecule has 6 aromatic rings. The number of aromatic nitrogens is 1. The van der Waals surface area contributed by atoms with Crippen LogP contribution in [0, 0.1) is 0 Å². The number of carbonyl (C=O) groups excluding carboxylic acids is 1. The highest BCUT2D eigenvalue weighted by Crippen LogP contribution is 2.36. The normalized spacial score (nSPS) is 11.1. The first-order valence-corrected chi connectivity index (χ1v) is 12.3. The Labute approximate surface area is 214 Å². The van der Waals surface area contributed by atoms with Gasteiger partial charge in [-0.15, -0.1) is 11.3 Å². The number of rotatable bonds is 4. The number of benzene rings is 4. The molecule has 0 aliphatic heterocycles. The highest BCUT2D eigenvalue weighted by molar-refractivity contribution is 7.21. The molecule has 0 radical (unpaired) electrons. The Bertz CT molecular complexity index is 1790. The van der Waals surface area contributed by atoms with Crippen LogP contribution in [-0.2, 0) is 0 Å². The van der Waals surface area contributed by atoms with Crippen LogP contribution in [-0.4, -0.2) is 10.9 Å². The van der Waals surface area contributed by atoms with Crippen molar-refractivity contribution in [2.45, 2.75) is 0 Å². The molecule has 1 amide bonds. The summed E-state index contributed by atoms with van der Waals surface area (Å²) in [7, 11) is 0. The molecule has 36 heavy (non-hydrogen) atoms. The molecule has 174 valence electrons. The number of anilines is 1. The van der Waals surface area contributed by atoms with Gasteiger partial charge in [0.2, 0.25) is 0 Å². The maximum Gasteiger partial charge on any atom is 0.344 e. The van der Waals surface area contributed by atoms with Gasteiger partial charge < -0.3 is 9.73 Å². The second-order valence-electron chi connectivity index (χ2n) is 8.19. The van der Waals surface area contributed by atoms with Gasteiger partial charge in [0.15, 0.2) is 0 Å². The van der Waals surface area contributed by atoms with E-state index < -0.39 is 5.63 Å². The maximum atomic E-state index is 13.1. The zero-order valence-corrected chi connectivity index (χ0v) is 20.3. The Morgan fingerprint density at radius 1 is 0.861 bits per heavy atom. The van der Waals surface area contributed by atoms with E-state index >= 15 is 0 Å². The van der Waals surface area contributed by atoms with Gasteiger partial charge in [0, 0.05) is 21.5 Å². The first-order valence-electron chi connectivity index (χ1n) is 11.2. The van der Waals surface area contributed by atoms with Crippen LogP contribution in [0.5, 0.6) is 0 Å². The van der Waals surface area contributed by atoms with Crippen LogP contribution in [0.4, 0.5) is 5.69 Å². The van der Waals surface area contributed by atoms with Gasteiger partial charge in [0.05, 0.1) is 21.5 Å². The zero-order chi connectivity index (χ0) is 24.6. The third kappa shape index (κ3) is 4.17. The molecule has 7 heteroatoms. The lowest BCUT2D eigenvalue weighted by atomic mass is 10.0. The third-order valence-corrected chi connectivity index (χ3v) is 7.16. The van der Waals surface area contributed by atoms with Crippen molar-refractivity contribution >= 4 is 55.7 Å². The summed E-state index contributed by atoms with van der Waals surface area (Å²) in [6, 6.07) is 29.2. The predicted molar refractivity (Wildman–Crippen MR) is 146 cm³/mol. The molecule has 2 heterocycles. The quantitative estimate of drug-likeness (QED) is 0.248. The fourth-order valence-electron chi connectivity index (χ4n) is 4.05. The molecule has 1 N–H and O–H groups in total. The van der Waals surface area contributed by atoms with Crippen molar-refractivity contribution in [1.29, 1.82) is 0 Å². The summed E-state index contributed by atoms with van der Waals surface area (Å²) in [5.41, 5.74) is 3.94. The fourth-order valence-corrected chi connectivity index (χ4v) is 5.22. The Morgan fingerprint density at radius 2 is 1.64 bits per heavy atom. The van der Waals surface area contributed by atoms with E-state index in [1.54, 1.807) is 54.6 Å². The Kier molecular flexibility index (Phi) is 5.60. The van der Waals surface area contributed by atoms with Crippen LogP contribution < -0.4 is 10.9 Å². The van der Waals surface area contributed by atoms with E-state index in [4.69, 9.17) is 21.0 Å². The SMILES string of the molecule is O=C(Nc1ccc(Cl)cc1-c1nc2ccccc2s1)c1ccc(-c2cc3ccccc3oc2=O)cc1. The summed E-state index contributed by atoms with van der Waals surface area (Å²) in [5, 5.41) is 5.14. The predicted octanol–water partition coefficient (Wildman–Crippen LogP) is 7.64. The molecular formula is C29H17ClN2O3S. The summed E-state index contributed by atoms with van der Waals surface area (Å²) in [6.07, 6.45) is 0. The van der Waals surface area contributed by atoms with E-state index in [9.17, 15) is 9.59 Å². The molecular weight excluding hydrogens is 492 g/mol. The lowest BCUT2D eigenvalue weighted by Gasteiger charge is -2.11. The van der Waals surface area contributed by atoms with Crippen molar-refractivity contribution in [2.75, 3.05) is 5.32 Å². The topological polar surface area (TPSA) is 72.2 Å². The van der Waals surface area contributed by atoms with E-state index in [1.807, 2.05) is 42.5 Å². The molecule has 0 bridgehead atoms. The van der Waals surface area contributed by atoms with Gasteiger partial charge in [-0.2, -0.15) is 0 Å². The minimum absolute atomic E-state index is 0.281. The van der Waals surface area contributed by atoms with E-state index in [1.165, 1.54) is 11.3 Å². The first kappa shape index (κ1) is 22.2. The second kappa shape index (κ2) is 9.07. The van der Waals surface area contributed by atoms with Crippen LogP contribution in [0.3, 0.4) is 0 Å². The van der Waals surface area contributed by atoms with Crippen molar-refractivity contribution in [3.05, 3.63) is 118 Å². The Hall–Kier alpha value is -4.26. The molecule has 0 unspecified atom stereocenters. The number of hydrogen-bond acceptors (Lipinski definition) is 5. The molecule has 0 fully saturated rings. The molecule has 2 aromatic heterocycles. The first-order chi connectivity index (χ1) is 17.5. The highest BCUT2D eigenvalue weighted by Gasteiger charge is 2.15. The fraction of sp³-hybridized carbons (Fsp3) is 0. The molecule has 0 saturated heterocycles. The number of fused-ring (bicyclic) bond motifs is 2. The van der Waals surface area contributed by atoms with Crippen molar-refractivity contribution < 1.29 is 9.21 Å². The molecule has 0 spiro atoms. The highest BCUT2D eigenvalue weighted by atomic mass is 35.5. The summed E-state index contributed by atoms with van der Waals surface area (Å²) in [4.78, 5) is 30.3. The van der Waals surface area contributed by atoms with Gasteiger partial charge in [0.1, 0.15) is 10.6 Å². The molecule has 0 aliphatic carbocycles. The third-order valence-electron chi connectivity index (χ3n) is 5.85. The summed E-state index contributed by atoms with van der Waals surface area (Å²) in [6.45, 7) is 0. The largest absolute Gasteiger partial charge is 0.422 e. The number of amides is 1. The average Bonchev–Trinajstić information content (AvgIpc) is 3.33. The second-order valence-corrected chi connectivity index (χ2v) is 9.66. The number of nitrogens with zero attached hydrogens (tertiary/aromatic N) is 1. The van der Waals surface area contributed by atoms with Gasteiger partial charge in [0.25, 0.3) is 5.91 Å². The standard InChI is InChI=1S/C29H17ClN2O3S/c30-20-13-14-23(22(16-20)28-32-24-6-2-4-8-26(24)36-28)31-27(33)18-11-9-17(10-12-18)21-15-19-5-1-3-7-25(19)35-29(21)34/h1-16H,(H,31,33). The van der Waals surface area contributed by atoms with E-state index in [0.29, 0.717) is 33.0 Å². The minimum atomic E-state index is -0.424. The van der Waals surface area contributed by atoms with E-state index in [2.05, 4.69) is 5.32 Å². The van der Waals surface area contributed by atoms with E-state index in [0.717, 1.165) is 26.2 Å². The average molecular weight is 509 g/mol. The number of nitrogens with one attached hydrogen (secondary N) is 1. The molecule has 0 atom stereocenters. The molecule has 5 nitrogen and oxygen atoms in total. The van der Waals surface area contributed by atoms with Crippen molar-refractivity contribution in [3.8, 4) is 21.7 Å². The monoisotopic (exact) mass is 508 g/mol. The summed E-state index contributed by atoms with van der Waals surface area (Å²) < 4.78 is 6.49. The smallest absolute Gasteiger partial charge is 0.344 e. The lowest BCUT2D eigenvalue weighted by Crippen LogP contribution is -2.12. The molecule has 0 aliphatic rings. The van der Waals surface area contributed by atoms with Gasteiger partial charge in [-0.3, -0.25) is 4.79 Å². The number of para-hydroxylation sites is 2. The van der Waals surface area contributed by atoms with Crippen LogP contribution >= 0.6 is 22.9 Å². The van der Waals surface area contributed by atoms with Crippen molar-refractivity contribution in [1.82, 2.24) is 4.98 Å². The molecule has 4 aromatic carbocycles.